The molecule has 0 saturated heterocycles. The minimum Gasteiger partial charge on any atom is -0.393 e. The molecule has 33 heavy (non-hydrogen) atoms. The second kappa shape index (κ2) is 7.68. The van der Waals surface area contributed by atoms with Crippen LogP contribution in [0.1, 0.15) is 87.0 Å². The Hall–Kier alpha value is -0.640. The molecular formula is C30H48O3. The lowest BCUT2D eigenvalue weighted by Gasteiger charge is -2.56. The number of hydrogen-bond acceptors (Lipinski definition) is 3. The highest BCUT2D eigenvalue weighted by atomic mass is 16.3. The van der Waals surface area contributed by atoms with Gasteiger partial charge in [0.1, 0.15) is 0 Å². The lowest BCUT2D eigenvalue weighted by atomic mass is 9.49. The molecule has 0 spiro atoms. The zero-order chi connectivity index (χ0) is 24.1. The van der Waals surface area contributed by atoms with Crippen molar-refractivity contribution in [1.29, 1.82) is 0 Å². The topological polar surface area (TPSA) is 60.7 Å². The minimum atomic E-state index is -0.498. The fourth-order valence-electron chi connectivity index (χ4n) is 9.60. The van der Waals surface area contributed by atoms with Crippen molar-refractivity contribution in [2.75, 3.05) is 0 Å². The molecule has 0 radical (unpaired) electrons. The largest absolute Gasteiger partial charge is 0.393 e. The highest BCUT2D eigenvalue weighted by Crippen LogP contribution is 2.70. The Labute approximate surface area is 201 Å². The maximum atomic E-state index is 11.7. The van der Waals surface area contributed by atoms with Crippen LogP contribution in [0.4, 0.5) is 0 Å². The van der Waals surface area contributed by atoms with E-state index in [0.717, 1.165) is 31.1 Å². The van der Waals surface area contributed by atoms with Crippen LogP contribution >= 0.6 is 0 Å². The summed E-state index contributed by atoms with van der Waals surface area (Å²) in [6.07, 6.45) is 8.97. The van der Waals surface area contributed by atoms with E-state index in [1.54, 1.807) is 0 Å². The Bertz CT molecular complexity index is 859. The van der Waals surface area contributed by atoms with Gasteiger partial charge in [0.25, 0.3) is 0 Å². The van der Waals surface area contributed by atoms with E-state index >= 15 is 0 Å². The number of hydrogen-bond donors (Lipinski definition) is 3. The van der Waals surface area contributed by atoms with Crippen LogP contribution in [0.3, 0.4) is 0 Å². The Morgan fingerprint density at radius 3 is 2.27 bits per heavy atom. The molecule has 12 atom stereocenters. The molecule has 0 aromatic carbocycles. The summed E-state index contributed by atoms with van der Waals surface area (Å²) in [7, 11) is 0. The van der Waals surface area contributed by atoms with E-state index in [1.807, 2.05) is 0 Å². The molecule has 0 bridgehead atoms. The molecule has 5 aliphatic carbocycles. The molecule has 0 heterocycles. The monoisotopic (exact) mass is 456 g/mol. The van der Waals surface area contributed by atoms with Crippen molar-refractivity contribution < 1.29 is 15.3 Å². The Kier molecular flexibility index (Phi) is 5.60. The standard InChI is InChI=1S/C30H48O3/c1-16(2)18(4)29(6)15-24(29)17(3)21-8-9-22-27-23(14-26(33)30(21,22)7)28(5)11-10-20(31)12-19(28)13-25(27)32/h13-14,16-18,20-22,24-27,31-33H,8-12,15H2,1-7H3/t17-,18+,20-,21+,22-,24+,25-,26-,27-,28-,29+,30+/m0/s1. The molecule has 3 heteroatoms. The highest BCUT2D eigenvalue weighted by Gasteiger charge is 2.65. The molecule has 0 aromatic heterocycles. The van der Waals surface area contributed by atoms with Gasteiger partial charge in [0, 0.05) is 16.7 Å². The molecule has 3 nitrogen and oxygen atoms in total. The van der Waals surface area contributed by atoms with E-state index in [2.05, 4.69) is 60.6 Å². The molecule has 0 aliphatic heterocycles. The normalized spacial score (nSPS) is 52.9. The van der Waals surface area contributed by atoms with Crippen LogP contribution in [-0.2, 0) is 0 Å². The minimum absolute atomic E-state index is 0.111. The van der Waals surface area contributed by atoms with E-state index in [0.29, 0.717) is 35.5 Å². The van der Waals surface area contributed by atoms with Crippen molar-refractivity contribution in [2.24, 2.45) is 57.7 Å². The maximum absolute atomic E-state index is 11.7. The molecule has 3 fully saturated rings. The van der Waals surface area contributed by atoms with Gasteiger partial charge in [0.15, 0.2) is 0 Å². The quantitative estimate of drug-likeness (QED) is 0.473. The second-order valence-corrected chi connectivity index (χ2v) is 13.9. The van der Waals surface area contributed by atoms with Crippen molar-refractivity contribution in [1.82, 2.24) is 0 Å². The van der Waals surface area contributed by atoms with E-state index in [4.69, 9.17) is 0 Å². The van der Waals surface area contributed by atoms with Gasteiger partial charge in [-0.25, -0.2) is 0 Å². The summed E-state index contributed by atoms with van der Waals surface area (Å²) in [5, 5.41) is 33.4. The van der Waals surface area contributed by atoms with Crippen LogP contribution in [0.15, 0.2) is 23.3 Å². The third kappa shape index (κ3) is 3.24. The van der Waals surface area contributed by atoms with E-state index in [9.17, 15) is 15.3 Å². The number of rotatable bonds is 4. The molecule has 5 rings (SSSR count). The summed E-state index contributed by atoms with van der Waals surface area (Å²) < 4.78 is 0. The summed E-state index contributed by atoms with van der Waals surface area (Å²) >= 11 is 0. The van der Waals surface area contributed by atoms with Gasteiger partial charge in [-0.1, -0.05) is 71.8 Å². The smallest absolute Gasteiger partial charge is 0.0792 e. The van der Waals surface area contributed by atoms with Gasteiger partial charge in [-0.3, -0.25) is 0 Å². The number of aliphatic hydroxyl groups is 3. The summed E-state index contributed by atoms with van der Waals surface area (Å²) in [6, 6.07) is 0. The Morgan fingerprint density at radius 2 is 1.61 bits per heavy atom. The van der Waals surface area contributed by atoms with E-state index < -0.39 is 12.2 Å². The summed E-state index contributed by atoms with van der Waals surface area (Å²) in [5.74, 6) is 3.71. The van der Waals surface area contributed by atoms with Crippen molar-refractivity contribution in [3.63, 3.8) is 0 Å². The highest BCUT2D eigenvalue weighted by molar-refractivity contribution is 5.42. The molecule has 186 valence electrons. The van der Waals surface area contributed by atoms with Crippen LogP contribution in [0.25, 0.3) is 0 Å². The SMILES string of the molecule is CC(C)[C@@H](C)[C@@]1(C)C[C@@H]1[C@@H](C)[C@H]1CC[C@H]2[C@H]3C(=C[C@H](O)[C@]12C)[C@@]1(C)CC[C@H](O)CC1=C[C@@H]3O. The molecule has 0 amide bonds. The van der Waals surface area contributed by atoms with E-state index in [1.165, 1.54) is 24.0 Å². The van der Waals surface area contributed by atoms with Gasteiger partial charge in [-0.05, 0) is 79.4 Å². The predicted octanol–water partition coefficient (Wildman–Crippen LogP) is 5.74. The molecule has 0 unspecified atom stereocenters. The third-order valence-electron chi connectivity index (χ3n) is 12.3. The lowest BCUT2D eigenvalue weighted by molar-refractivity contribution is -0.0630. The molecule has 3 saturated carbocycles. The average Bonchev–Trinajstić information content (AvgIpc) is 3.31. The summed E-state index contributed by atoms with van der Waals surface area (Å²) in [4.78, 5) is 0. The van der Waals surface area contributed by atoms with E-state index in [-0.39, 0.29) is 22.9 Å². The third-order valence-corrected chi connectivity index (χ3v) is 12.3. The predicted molar refractivity (Wildman–Crippen MR) is 133 cm³/mol. The fourth-order valence-corrected chi connectivity index (χ4v) is 9.60. The zero-order valence-electron chi connectivity index (χ0n) is 22.0. The van der Waals surface area contributed by atoms with Crippen molar-refractivity contribution in [2.45, 2.75) is 105 Å². The Balaban J connectivity index is 1.46. The van der Waals surface area contributed by atoms with Gasteiger partial charge in [-0.15, -0.1) is 0 Å². The maximum Gasteiger partial charge on any atom is 0.0792 e. The fraction of sp³-hybridized carbons (Fsp3) is 0.867. The van der Waals surface area contributed by atoms with Crippen LogP contribution in [0.2, 0.25) is 0 Å². The second-order valence-electron chi connectivity index (χ2n) is 13.9. The summed E-state index contributed by atoms with van der Waals surface area (Å²) in [6.45, 7) is 16.8. The van der Waals surface area contributed by atoms with Crippen LogP contribution in [0, 0.1) is 57.7 Å². The first-order valence-electron chi connectivity index (χ1n) is 13.8. The van der Waals surface area contributed by atoms with Gasteiger partial charge >= 0.3 is 0 Å². The zero-order valence-corrected chi connectivity index (χ0v) is 22.0. The van der Waals surface area contributed by atoms with Gasteiger partial charge in [0.2, 0.25) is 0 Å². The van der Waals surface area contributed by atoms with Crippen LogP contribution < -0.4 is 0 Å². The van der Waals surface area contributed by atoms with Crippen molar-refractivity contribution in [3.8, 4) is 0 Å². The number of fused-ring (bicyclic) bond motifs is 5. The first kappa shape index (κ1) is 24.1. The number of aliphatic hydroxyl groups excluding tert-OH is 3. The van der Waals surface area contributed by atoms with Gasteiger partial charge < -0.3 is 15.3 Å². The van der Waals surface area contributed by atoms with Crippen molar-refractivity contribution >= 4 is 0 Å². The van der Waals surface area contributed by atoms with Gasteiger partial charge in [-0.2, -0.15) is 0 Å². The van der Waals surface area contributed by atoms with Gasteiger partial charge in [0.05, 0.1) is 18.3 Å². The summed E-state index contributed by atoms with van der Waals surface area (Å²) in [5.41, 5.74) is 2.60. The molecule has 5 aliphatic rings. The molecule has 0 aromatic rings. The Morgan fingerprint density at radius 1 is 0.909 bits per heavy atom. The molecule has 3 N–H and O–H groups in total. The first-order chi connectivity index (χ1) is 15.4. The van der Waals surface area contributed by atoms with Crippen molar-refractivity contribution in [3.05, 3.63) is 23.3 Å². The first-order valence-corrected chi connectivity index (χ1v) is 13.8. The average molecular weight is 457 g/mol. The van der Waals surface area contributed by atoms with Crippen LogP contribution in [-0.4, -0.2) is 33.6 Å². The lowest BCUT2D eigenvalue weighted by Crippen LogP contribution is -2.54. The van der Waals surface area contributed by atoms with Crippen LogP contribution in [0.5, 0.6) is 0 Å². The molecular weight excluding hydrogens is 408 g/mol.